The third kappa shape index (κ3) is 2.56. The van der Waals surface area contributed by atoms with Crippen molar-refractivity contribution in [2.24, 2.45) is 5.84 Å². The van der Waals surface area contributed by atoms with Gasteiger partial charge in [-0.05, 0) is 13.8 Å². The number of carbonyl (C=O) groups is 3. The van der Waals surface area contributed by atoms with Gasteiger partial charge in [0.25, 0.3) is 0 Å². The molecule has 0 unspecified atom stereocenters. The minimum absolute atomic E-state index is 0.108. The standard InChI is InChI=1S/C9H16N4O3/c1-9(2)8(16)11-7(15)5-13(9)4-3-6(14)12-10/h3-5,10H2,1-2H3,(H,12,14)(H,11,15,16). The molecule has 0 aromatic rings. The van der Waals surface area contributed by atoms with Gasteiger partial charge in [-0.3, -0.25) is 30.0 Å². The Balaban J connectivity index is 2.65. The van der Waals surface area contributed by atoms with Gasteiger partial charge in [0, 0.05) is 13.0 Å². The van der Waals surface area contributed by atoms with E-state index in [1.807, 2.05) is 5.43 Å². The Morgan fingerprint density at radius 3 is 2.75 bits per heavy atom. The molecule has 7 heteroatoms. The normalized spacial score (nSPS) is 20.4. The average Bonchev–Trinajstić information content (AvgIpc) is 2.21. The Kier molecular flexibility index (Phi) is 3.61. The lowest BCUT2D eigenvalue weighted by molar-refractivity contribution is -0.145. The van der Waals surface area contributed by atoms with Crippen molar-refractivity contribution < 1.29 is 14.4 Å². The van der Waals surface area contributed by atoms with E-state index >= 15 is 0 Å². The molecule has 1 rings (SSSR count). The van der Waals surface area contributed by atoms with Gasteiger partial charge in [-0.25, -0.2) is 5.84 Å². The highest BCUT2D eigenvalue weighted by atomic mass is 16.2. The molecule has 16 heavy (non-hydrogen) atoms. The van der Waals surface area contributed by atoms with Gasteiger partial charge in [0.2, 0.25) is 17.7 Å². The molecular formula is C9H16N4O3. The molecule has 0 aromatic carbocycles. The molecular weight excluding hydrogens is 212 g/mol. The lowest BCUT2D eigenvalue weighted by atomic mass is 9.98. The Morgan fingerprint density at radius 1 is 1.56 bits per heavy atom. The molecule has 90 valence electrons. The number of nitrogens with one attached hydrogen (secondary N) is 2. The fourth-order valence-corrected chi connectivity index (χ4v) is 1.50. The summed E-state index contributed by atoms with van der Waals surface area (Å²) in [4.78, 5) is 35.4. The van der Waals surface area contributed by atoms with Crippen molar-refractivity contribution in [3.05, 3.63) is 0 Å². The van der Waals surface area contributed by atoms with Crippen LogP contribution in [0.2, 0.25) is 0 Å². The first-order valence-electron chi connectivity index (χ1n) is 4.96. The number of amides is 3. The number of piperazine rings is 1. The summed E-state index contributed by atoms with van der Waals surface area (Å²) < 4.78 is 0. The molecule has 1 fully saturated rings. The summed E-state index contributed by atoms with van der Waals surface area (Å²) in [5.74, 6) is 3.92. The van der Waals surface area contributed by atoms with Gasteiger partial charge in [0.15, 0.2) is 0 Å². The van der Waals surface area contributed by atoms with E-state index in [0.29, 0.717) is 6.54 Å². The van der Waals surface area contributed by atoms with Crippen molar-refractivity contribution in [1.29, 1.82) is 0 Å². The molecule has 1 aliphatic rings. The number of imide groups is 1. The number of rotatable bonds is 3. The third-order valence-electron chi connectivity index (χ3n) is 2.70. The maximum Gasteiger partial charge on any atom is 0.246 e. The molecule has 0 bridgehead atoms. The van der Waals surface area contributed by atoms with Crippen molar-refractivity contribution in [3.8, 4) is 0 Å². The van der Waals surface area contributed by atoms with Crippen LogP contribution in [0, 0.1) is 0 Å². The number of hydrogen-bond acceptors (Lipinski definition) is 5. The highest BCUT2D eigenvalue weighted by molar-refractivity contribution is 6.02. The number of carbonyl (C=O) groups excluding carboxylic acids is 3. The molecule has 0 atom stereocenters. The molecule has 0 spiro atoms. The fourth-order valence-electron chi connectivity index (χ4n) is 1.50. The molecule has 4 N–H and O–H groups in total. The molecule has 1 aliphatic heterocycles. The van der Waals surface area contributed by atoms with Crippen LogP contribution in [-0.2, 0) is 14.4 Å². The van der Waals surface area contributed by atoms with Gasteiger partial charge in [0.1, 0.15) is 0 Å². The molecule has 0 radical (unpaired) electrons. The van der Waals surface area contributed by atoms with Crippen molar-refractivity contribution in [3.63, 3.8) is 0 Å². The van der Waals surface area contributed by atoms with Crippen LogP contribution in [0.4, 0.5) is 0 Å². The predicted molar refractivity (Wildman–Crippen MR) is 55.7 cm³/mol. The van der Waals surface area contributed by atoms with Crippen LogP contribution in [0.5, 0.6) is 0 Å². The van der Waals surface area contributed by atoms with E-state index in [0.717, 1.165) is 0 Å². The van der Waals surface area contributed by atoms with E-state index in [-0.39, 0.29) is 30.7 Å². The molecule has 7 nitrogen and oxygen atoms in total. The van der Waals surface area contributed by atoms with Gasteiger partial charge in [-0.15, -0.1) is 0 Å². The first-order chi connectivity index (χ1) is 7.37. The van der Waals surface area contributed by atoms with E-state index in [1.54, 1.807) is 18.7 Å². The van der Waals surface area contributed by atoms with Crippen molar-refractivity contribution >= 4 is 17.7 Å². The Labute approximate surface area is 93.3 Å². The van der Waals surface area contributed by atoms with Gasteiger partial charge in [-0.1, -0.05) is 0 Å². The Bertz CT molecular complexity index is 327. The largest absolute Gasteiger partial charge is 0.294 e. The Hall–Kier alpha value is -1.47. The minimum atomic E-state index is -0.789. The SMILES string of the molecule is CC1(C)C(=O)NC(=O)CN1CCC(=O)NN. The molecule has 3 amide bonds. The quantitative estimate of drug-likeness (QED) is 0.226. The van der Waals surface area contributed by atoms with Gasteiger partial charge in [-0.2, -0.15) is 0 Å². The summed E-state index contributed by atoms with van der Waals surface area (Å²) in [6.07, 6.45) is 0.153. The van der Waals surface area contributed by atoms with Crippen molar-refractivity contribution in [2.75, 3.05) is 13.1 Å². The summed E-state index contributed by atoms with van der Waals surface area (Å²) in [6, 6.07) is 0. The van der Waals surface area contributed by atoms with Crippen LogP contribution < -0.4 is 16.6 Å². The second-order valence-electron chi connectivity index (χ2n) is 4.18. The second kappa shape index (κ2) is 4.58. The highest BCUT2D eigenvalue weighted by Crippen LogP contribution is 2.17. The zero-order valence-corrected chi connectivity index (χ0v) is 9.37. The maximum absolute atomic E-state index is 11.6. The van der Waals surface area contributed by atoms with E-state index in [1.165, 1.54) is 0 Å². The number of hydrogen-bond donors (Lipinski definition) is 3. The van der Waals surface area contributed by atoms with Crippen molar-refractivity contribution in [2.45, 2.75) is 25.8 Å². The summed E-state index contributed by atoms with van der Waals surface area (Å²) in [5, 5.41) is 2.26. The van der Waals surface area contributed by atoms with E-state index in [2.05, 4.69) is 5.32 Å². The van der Waals surface area contributed by atoms with Crippen LogP contribution >= 0.6 is 0 Å². The highest BCUT2D eigenvalue weighted by Gasteiger charge is 2.40. The van der Waals surface area contributed by atoms with Crippen LogP contribution in [0.3, 0.4) is 0 Å². The van der Waals surface area contributed by atoms with Crippen LogP contribution in [0.25, 0.3) is 0 Å². The first-order valence-corrected chi connectivity index (χ1v) is 4.96. The van der Waals surface area contributed by atoms with Crippen molar-refractivity contribution in [1.82, 2.24) is 15.6 Å². The number of nitrogens with zero attached hydrogens (tertiary/aromatic N) is 1. The van der Waals surface area contributed by atoms with E-state index in [9.17, 15) is 14.4 Å². The van der Waals surface area contributed by atoms with Crippen LogP contribution in [0.1, 0.15) is 20.3 Å². The summed E-state index contributed by atoms with van der Waals surface area (Å²) in [6.45, 7) is 3.83. The lowest BCUT2D eigenvalue weighted by Gasteiger charge is -2.39. The number of nitrogens with two attached hydrogens (primary N) is 1. The van der Waals surface area contributed by atoms with E-state index in [4.69, 9.17) is 5.84 Å². The smallest absolute Gasteiger partial charge is 0.246 e. The zero-order valence-electron chi connectivity index (χ0n) is 9.37. The Morgan fingerprint density at radius 2 is 2.19 bits per heavy atom. The fraction of sp³-hybridized carbons (Fsp3) is 0.667. The summed E-state index contributed by atoms with van der Waals surface area (Å²) in [5.41, 5.74) is 1.21. The molecule has 0 saturated carbocycles. The minimum Gasteiger partial charge on any atom is -0.294 e. The summed E-state index contributed by atoms with van der Waals surface area (Å²) >= 11 is 0. The van der Waals surface area contributed by atoms with Gasteiger partial charge in [0.05, 0.1) is 12.1 Å². The molecule has 0 aliphatic carbocycles. The average molecular weight is 228 g/mol. The molecule has 1 heterocycles. The lowest BCUT2D eigenvalue weighted by Crippen LogP contribution is -2.64. The van der Waals surface area contributed by atoms with Crippen LogP contribution in [0.15, 0.2) is 0 Å². The van der Waals surface area contributed by atoms with Crippen LogP contribution in [-0.4, -0.2) is 41.2 Å². The van der Waals surface area contributed by atoms with Gasteiger partial charge < -0.3 is 0 Å². The molecule has 1 saturated heterocycles. The van der Waals surface area contributed by atoms with E-state index < -0.39 is 5.54 Å². The predicted octanol–water partition coefficient (Wildman–Crippen LogP) is -1.90. The first kappa shape index (κ1) is 12.6. The topological polar surface area (TPSA) is 105 Å². The van der Waals surface area contributed by atoms with Gasteiger partial charge >= 0.3 is 0 Å². The maximum atomic E-state index is 11.6. The third-order valence-corrected chi connectivity index (χ3v) is 2.70. The molecule has 0 aromatic heterocycles. The zero-order chi connectivity index (χ0) is 12.3. The second-order valence-corrected chi connectivity index (χ2v) is 4.18. The monoisotopic (exact) mass is 228 g/mol. The summed E-state index contributed by atoms with van der Waals surface area (Å²) in [7, 11) is 0. The number of hydrazine groups is 1.